The maximum absolute atomic E-state index is 13.8. The van der Waals surface area contributed by atoms with Crippen molar-refractivity contribution in [2.45, 2.75) is 25.6 Å². The maximum atomic E-state index is 13.8. The largest absolute Gasteiger partial charge is 0.417 e. The van der Waals surface area contributed by atoms with Crippen LogP contribution >= 0.6 is 0 Å². The molecule has 0 aliphatic carbocycles. The first-order valence-corrected chi connectivity index (χ1v) is 9.19. The van der Waals surface area contributed by atoms with Crippen molar-refractivity contribution >= 4 is 10.9 Å². The molecule has 2 aromatic heterocycles. The van der Waals surface area contributed by atoms with Gasteiger partial charge < -0.3 is 10.1 Å². The first-order valence-electron chi connectivity index (χ1n) is 9.19. The van der Waals surface area contributed by atoms with Gasteiger partial charge in [0.25, 0.3) is 0 Å². The normalized spacial score (nSPS) is 14.4. The van der Waals surface area contributed by atoms with Crippen LogP contribution in [0.5, 0.6) is 0 Å². The first-order chi connectivity index (χ1) is 14.1. The summed E-state index contributed by atoms with van der Waals surface area (Å²) in [6.07, 6.45) is -3.24. The summed E-state index contributed by atoms with van der Waals surface area (Å²) in [6, 6.07) is 8.69. The molecule has 0 aliphatic heterocycles. The molecule has 0 saturated carbocycles. The van der Waals surface area contributed by atoms with Gasteiger partial charge >= 0.3 is 6.18 Å². The zero-order chi connectivity index (χ0) is 21.7. The molecule has 2 aromatic carbocycles. The van der Waals surface area contributed by atoms with Gasteiger partial charge in [-0.3, -0.25) is 0 Å². The molecule has 0 radical (unpaired) electrons. The van der Waals surface area contributed by atoms with E-state index in [9.17, 15) is 22.7 Å². The lowest BCUT2D eigenvalue weighted by atomic mass is 9.84. The van der Waals surface area contributed by atoms with E-state index in [4.69, 9.17) is 0 Å². The van der Waals surface area contributed by atoms with E-state index in [1.165, 1.54) is 30.5 Å². The molecule has 0 amide bonds. The van der Waals surface area contributed by atoms with Crippen LogP contribution in [0.4, 0.5) is 17.6 Å². The van der Waals surface area contributed by atoms with E-state index in [0.29, 0.717) is 11.2 Å². The highest BCUT2D eigenvalue weighted by Gasteiger charge is 2.40. The maximum Gasteiger partial charge on any atom is 0.417 e. The lowest BCUT2D eigenvalue weighted by Crippen LogP contribution is -2.34. The number of rotatable bonds is 4. The molecule has 5 nitrogen and oxygen atoms in total. The van der Waals surface area contributed by atoms with Crippen LogP contribution < -0.4 is 0 Å². The van der Waals surface area contributed by atoms with Gasteiger partial charge in [-0.1, -0.05) is 26.0 Å². The summed E-state index contributed by atoms with van der Waals surface area (Å²) in [6.45, 7) is 3.54. The van der Waals surface area contributed by atoms with Crippen molar-refractivity contribution in [3.63, 3.8) is 0 Å². The Morgan fingerprint density at radius 2 is 1.73 bits per heavy atom. The van der Waals surface area contributed by atoms with Crippen molar-refractivity contribution in [2.75, 3.05) is 0 Å². The molecule has 30 heavy (non-hydrogen) atoms. The predicted octanol–water partition coefficient (Wildman–Crippen LogP) is 5.00. The molecule has 0 fully saturated rings. The summed E-state index contributed by atoms with van der Waals surface area (Å²) >= 11 is 0. The van der Waals surface area contributed by atoms with Crippen LogP contribution in [0, 0.1) is 11.7 Å². The van der Waals surface area contributed by atoms with Crippen molar-refractivity contribution in [3.8, 4) is 11.1 Å². The summed E-state index contributed by atoms with van der Waals surface area (Å²) in [5.74, 6) is -0.889. The van der Waals surface area contributed by atoms with Gasteiger partial charge in [0.2, 0.25) is 0 Å². The van der Waals surface area contributed by atoms with Crippen molar-refractivity contribution in [1.29, 1.82) is 0 Å². The Bertz CT molecular complexity index is 1180. The number of nitrogens with one attached hydrogen (secondary N) is 2. The highest BCUT2D eigenvalue weighted by molar-refractivity contribution is 5.88. The van der Waals surface area contributed by atoms with E-state index in [1.807, 2.05) is 0 Å². The number of aromatic amines is 2. The highest BCUT2D eigenvalue weighted by Crippen LogP contribution is 2.42. The summed E-state index contributed by atoms with van der Waals surface area (Å²) in [4.78, 5) is 3.03. The fourth-order valence-corrected chi connectivity index (χ4v) is 3.62. The van der Waals surface area contributed by atoms with Crippen LogP contribution in [0.2, 0.25) is 0 Å². The number of benzene rings is 2. The minimum atomic E-state index is -4.62. The molecule has 0 spiro atoms. The summed E-state index contributed by atoms with van der Waals surface area (Å²) in [5, 5.41) is 21.8. The molecule has 1 unspecified atom stereocenters. The molecule has 3 N–H and O–H groups in total. The minimum Gasteiger partial charge on any atom is -0.377 e. The van der Waals surface area contributed by atoms with E-state index in [1.54, 1.807) is 13.8 Å². The van der Waals surface area contributed by atoms with Crippen molar-refractivity contribution in [1.82, 2.24) is 20.4 Å². The van der Waals surface area contributed by atoms with Crippen LogP contribution in [0.25, 0.3) is 22.0 Å². The number of hydrogen-bond donors (Lipinski definition) is 3. The summed E-state index contributed by atoms with van der Waals surface area (Å²) < 4.78 is 54.6. The molecule has 0 bridgehead atoms. The molecular weight excluding hydrogens is 400 g/mol. The molecule has 9 heteroatoms. The van der Waals surface area contributed by atoms with Gasteiger partial charge in [0, 0.05) is 10.9 Å². The van der Waals surface area contributed by atoms with Crippen LogP contribution in [-0.2, 0) is 11.8 Å². The van der Waals surface area contributed by atoms with E-state index < -0.39 is 23.2 Å². The fourth-order valence-electron chi connectivity index (χ4n) is 3.62. The Labute approximate surface area is 168 Å². The first kappa shape index (κ1) is 20.1. The van der Waals surface area contributed by atoms with Gasteiger partial charge in [0.1, 0.15) is 11.5 Å². The zero-order valence-corrected chi connectivity index (χ0v) is 16.0. The number of fused-ring (bicyclic) bond motifs is 1. The van der Waals surface area contributed by atoms with Gasteiger partial charge in [0.05, 0.1) is 17.5 Å². The molecule has 1 atom stereocenters. The third-order valence-electron chi connectivity index (χ3n) is 5.27. The van der Waals surface area contributed by atoms with E-state index in [-0.39, 0.29) is 28.1 Å². The van der Waals surface area contributed by atoms with E-state index in [2.05, 4.69) is 20.4 Å². The molecule has 0 aliphatic rings. The fraction of sp³-hybridized carbons (Fsp3) is 0.238. The van der Waals surface area contributed by atoms with Crippen LogP contribution in [0.3, 0.4) is 0 Å². The monoisotopic (exact) mass is 418 g/mol. The molecular formula is C21H18F4N4O. The number of hydrogen-bond acceptors (Lipinski definition) is 3. The van der Waals surface area contributed by atoms with Crippen LogP contribution in [0.1, 0.15) is 30.8 Å². The number of aromatic nitrogens is 4. The Morgan fingerprint density at radius 3 is 2.30 bits per heavy atom. The summed E-state index contributed by atoms with van der Waals surface area (Å²) in [7, 11) is 0. The zero-order valence-electron chi connectivity index (χ0n) is 16.0. The Kier molecular flexibility index (Phi) is 4.65. The van der Waals surface area contributed by atoms with Crippen LogP contribution in [0.15, 0.2) is 48.7 Å². The van der Waals surface area contributed by atoms with Crippen molar-refractivity contribution in [3.05, 3.63) is 71.4 Å². The number of aliphatic hydroxyl groups is 1. The highest BCUT2D eigenvalue weighted by atomic mass is 19.4. The van der Waals surface area contributed by atoms with E-state index >= 15 is 0 Å². The number of alkyl halides is 3. The summed E-state index contributed by atoms with van der Waals surface area (Å²) in [5.41, 5.74) is -1.33. The molecule has 4 aromatic rings. The third kappa shape index (κ3) is 3.24. The molecule has 156 valence electrons. The van der Waals surface area contributed by atoms with Crippen molar-refractivity contribution in [2.24, 2.45) is 5.92 Å². The van der Waals surface area contributed by atoms with Gasteiger partial charge in [-0.15, -0.1) is 0 Å². The smallest absolute Gasteiger partial charge is 0.377 e. The molecule has 4 rings (SSSR count). The second-order valence-corrected chi connectivity index (χ2v) is 7.45. The lowest BCUT2D eigenvalue weighted by Gasteiger charge is -2.29. The minimum absolute atomic E-state index is 0.0853. The number of nitrogens with zero attached hydrogens (tertiary/aromatic N) is 2. The number of halogens is 4. The second kappa shape index (κ2) is 6.94. The van der Waals surface area contributed by atoms with E-state index in [0.717, 1.165) is 18.2 Å². The van der Waals surface area contributed by atoms with Gasteiger partial charge in [-0.25, -0.2) is 4.39 Å². The van der Waals surface area contributed by atoms with Crippen molar-refractivity contribution < 1.29 is 22.7 Å². The van der Waals surface area contributed by atoms with Gasteiger partial charge in [0.15, 0.2) is 5.60 Å². The Hall–Kier alpha value is -3.20. The average molecular weight is 418 g/mol. The van der Waals surface area contributed by atoms with Gasteiger partial charge in [-0.05, 0) is 47.4 Å². The lowest BCUT2D eigenvalue weighted by molar-refractivity contribution is -0.137. The second-order valence-electron chi connectivity index (χ2n) is 7.45. The Balaban J connectivity index is 1.94. The molecule has 0 saturated heterocycles. The van der Waals surface area contributed by atoms with Gasteiger partial charge in [-0.2, -0.15) is 28.6 Å². The predicted molar refractivity (Wildman–Crippen MR) is 103 cm³/mol. The number of H-pyrrole nitrogens is 2. The molecule has 2 heterocycles. The topological polar surface area (TPSA) is 77.6 Å². The van der Waals surface area contributed by atoms with Crippen LogP contribution in [-0.4, -0.2) is 25.5 Å². The average Bonchev–Trinajstić information content (AvgIpc) is 3.36. The quantitative estimate of drug-likeness (QED) is 0.408. The Morgan fingerprint density at radius 1 is 1.03 bits per heavy atom. The SMILES string of the molecule is CC(C)C(O)(c1cn[nH]n1)c1cc2cc(C(F)(F)F)c(-c3ccc(F)cc3)cc2[nH]1. The standard InChI is InChI=1S/C21H18F4N4O/c1-11(2)20(30,19-10-26-29-28-19)18-8-13-7-16(21(23,24)25)15(9-17(13)27-18)12-3-5-14(22)6-4-12/h3-11,27,30H,1-2H3,(H,26,28,29). The third-order valence-corrected chi connectivity index (χ3v) is 5.27.